The number of rotatable bonds is 9. The molecule has 0 heterocycles. The van der Waals surface area contributed by atoms with Crippen molar-refractivity contribution in [2.45, 2.75) is 51.0 Å². The predicted octanol–water partition coefficient (Wildman–Crippen LogP) is 3.70. The highest BCUT2D eigenvalue weighted by molar-refractivity contribution is 5.97. The molecule has 0 unspecified atom stereocenters. The van der Waals surface area contributed by atoms with E-state index >= 15 is 0 Å². The van der Waals surface area contributed by atoms with Gasteiger partial charge in [0.1, 0.15) is 11.4 Å². The molecule has 0 bridgehead atoms. The highest BCUT2D eigenvalue weighted by Crippen LogP contribution is 2.33. The molecule has 1 N–H and O–H groups in total. The molecule has 1 aliphatic rings. The first-order valence-electron chi connectivity index (χ1n) is 9.39. The lowest BCUT2D eigenvalue weighted by Gasteiger charge is -2.35. The number of hydrogen-bond acceptors (Lipinski definition) is 4. The topological polar surface area (TPSA) is 50.8 Å². The second-order valence-electron chi connectivity index (χ2n) is 6.97. The van der Waals surface area contributed by atoms with Gasteiger partial charge in [-0.3, -0.25) is 4.79 Å². The van der Waals surface area contributed by atoms with Crippen LogP contribution in [0.25, 0.3) is 0 Å². The first-order chi connectivity index (χ1) is 12.1. The first-order valence-corrected chi connectivity index (χ1v) is 9.39. The number of nitrogens with one attached hydrogen (secondary N) is 1. The van der Waals surface area contributed by atoms with Gasteiger partial charge in [-0.2, -0.15) is 0 Å². The van der Waals surface area contributed by atoms with Crippen molar-refractivity contribution in [3.63, 3.8) is 0 Å². The highest BCUT2D eigenvalue weighted by atomic mass is 16.5. The highest BCUT2D eigenvalue weighted by Gasteiger charge is 2.40. The molecule has 0 atom stereocenters. The number of carbonyl (C=O) groups is 1. The fourth-order valence-electron chi connectivity index (χ4n) is 3.29. The third-order valence-corrected chi connectivity index (χ3v) is 4.63. The number of amides is 1. The van der Waals surface area contributed by atoms with Crippen molar-refractivity contribution in [1.29, 1.82) is 0 Å². The summed E-state index contributed by atoms with van der Waals surface area (Å²) in [7, 11) is 4.11. The fourth-order valence-corrected chi connectivity index (χ4v) is 3.29. The summed E-state index contributed by atoms with van der Waals surface area (Å²) in [6, 6.07) is 7.59. The van der Waals surface area contributed by atoms with E-state index in [4.69, 9.17) is 9.47 Å². The Hall–Kier alpha value is -1.59. The van der Waals surface area contributed by atoms with Crippen LogP contribution in [0, 0.1) is 0 Å². The molecule has 1 aromatic carbocycles. The SMILES string of the molecule is CCOC1(C(=O)Nc2ccc(OCCCN(C)C)cc2)CCCCC1. The first kappa shape index (κ1) is 19.7. The minimum atomic E-state index is -0.658. The standard InChI is InChI=1S/C20H32N2O3/c1-4-25-20(13-6-5-7-14-20)19(23)21-17-9-11-18(12-10-17)24-16-8-15-22(2)3/h9-12H,4-8,13-16H2,1-3H3,(H,21,23). The Morgan fingerprint density at radius 2 is 1.84 bits per heavy atom. The summed E-state index contributed by atoms with van der Waals surface area (Å²) < 4.78 is 11.6. The van der Waals surface area contributed by atoms with E-state index in [9.17, 15) is 4.79 Å². The Balaban J connectivity index is 1.87. The van der Waals surface area contributed by atoms with Gasteiger partial charge in [-0.25, -0.2) is 0 Å². The molecule has 5 nitrogen and oxygen atoms in total. The maximum Gasteiger partial charge on any atom is 0.256 e. The second-order valence-corrected chi connectivity index (χ2v) is 6.97. The summed E-state index contributed by atoms with van der Waals surface area (Å²) in [6.45, 7) is 4.21. The molecule has 1 saturated carbocycles. The molecule has 1 aromatic rings. The Labute approximate surface area is 151 Å². The minimum Gasteiger partial charge on any atom is -0.494 e. The molecule has 1 amide bonds. The van der Waals surface area contributed by atoms with Crippen molar-refractivity contribution in [3.05, 3.63) is 24.3 Å². The van der Waals surface area contributed by atoms with Gasteiger partial charge in [0.15, 0.2) is 0 Å². The summed E-state index contributed by atoms with van der Waals surface area (Å²) in [5.74, 6) is 0.808. The maximum atomic E-state index is 12.8. The van der Waals surface area contributed by atoms with Crippen molar-refractivity contribution in [3.8, 4) is 5.75 Å². The zero-order chi connectivity index (χ0) is 18.1. The van der Waals surface area contributed by atoms with Gasteiger partial charge in [0.2, 0.25) is 0 Å². The van der Waals surface area contributed by atoms with Gasteiger partial charge in [0.25, 0.3) is 5.91 Å². The molecule has 140 valence electrons. The molecule has 1 aliphatic carbocycles. The van der Waals surface area contributed by atoms with Gasteiger partial charge in [-0.05, 0) is 64.5 Å². The third kappa shape index (κ3) is 6.01. The average molecular weight is 348 g/mol. The second kappa shape index (κ2) is 9.78. The Morgan fingerprint density at radius 3 is 2.44 bits per heavy atom. The van der Waals surface area contributed by atoms with Gasteiger partial charge < -0.3 is 19.7 Å². The lowest BCUT2D eigenvalue weighted by Crippen LogP contribution is -2.47. The van der Waals surface area contributed by atoms with E-state index in [0.29, 0.717) is 13.2 Å². The predicted molar refractivity (Wildman–Crippen MR) is 101 cm³/mol. The van der Waals surface area contributed by atoms with Crippen molar-refractivity contribution < 1.29 is 14.3 Å². The summed E-state index contributed by atoms with van der Waals surface area (Å²) in [6.07, 6.45) is 5.88. The van der Waals surface area contributed by atoms with E-state index in [1.165, 1.54) is 6.42 Å². The van der Waals surface area contributed by atoms with E-state index in [0.717, 1.165) is 50.1 Å². The van der Waals surface area contributed by atoms with Crippen LogP contribution in [-0.4, -0.2) is 50.3 Å². The summed E-state index contributed by atoms with van der Waals surface area (Å²) in [4.78, 5) is 14.9. The van der Waals surface area contributed by atoms with Crippen LogP contribution in [0.5, 0.6) is 5.75 Å². The maximum absolute atomic E-state index is 12.8. The van der Waals surface area contributed by atoms with Crippen molar-refractivity contribution in [2.75, 3.05) is 39.2 Å². The molecular weight excluding hydrogens is 316 g/mol. The van der Waals surface area contributed by atoms with Gasteiger partial charge in [0, 0.05) is 18.8 Å². The average Bonchev–Trinajstić information content (AvgIpc) is 2.61. The molecule has 0 aliphatic heterocycles. The van der Waals surface area contributed by atoms with E-state index in [2.05, 4.69) is 24.3 Å². The Morgan fingerprint density at radius 1 is 1.16 bits per heavy atom. The Bertz CT molecular complexity index is 517. The molecule has 0 aromatic heterocycles. The number of benzene rings is 1. The molecular formula is C20H32N2O3. The minimum absolute atomic E-state index is 0.0197. The summed E-state index contributed by atoms with van der Waals surface area (Å²) in [5.41, 5.74) is 0.129. The number of carbonyl (C=O) groups excluding carboxylic acids is 1. The van der Waals surface area contributed by atoms with Gasteiger partial charge in [0.05, 0.1) is 6.61 Å². The molecule has 25 heavy (non-hydrogen) atoms. The van der Waals surface area contributed by atoms with Crippen LogP contribution >= 0.6 is 0 Å². The molecule has 1 fully saturated rings. The van der Waals surface area contributed by atoms with Crippen LogP contribution in [-0.2, 0) is 9.53 Å². The number of ether oxygens (including phenoxy) is 2. The lowest BCUT2D eigenvalue weighted by atomic mass is 9.83. The van der Waals surface area contributed by atoms with Crippen LogP contribution in [0.2, 0.25) is 0 Å². The quantitative estimate of drug-likeness (QED) is 0.692. The van der Waals surface area contributed by atoms with Crippen LogP contribution in [0.3, 0.4) is 0 Å². The van der Waals surface area contributed by atoms with Crippen molar-refractivity contribution in [2.24, 2.45) is 0 Å². The zero-order valence-corrected chi connectivity index (χ0v) is 15.8. The molecule has 0 radical (unpaired) electrons. The van der Waals surface area contributed by atoms with Crippen molar-refractivity contribution >= 4 is 11.6 Å². The molecule has 0 saturated heterocycles. The van der Waals surface area contributed by atoms with E-state index in [1.54, 1.807) is 0 Å². The monoisotopic (exact) mass is 348 g/mol. The zero-order valence-electron chi connectivity index (χ0n) is 15.8. The smallest absolute Gasteiger partial charge is 0.256 e. The van der Waals surface area contributed by atoms with Crippen LogP contribution in [0.15, 0.2) is 24.3 Å². The van der Waals surface area contributed by atoms with E-state index in [-0.39, 0.29) is 5.91 Å². The van der Waals surface area contributed by atoms with Gasteiger partial charge in [-0.15, -0.1) is 0 Å². The van der Waals surface area contributed by atoms with Crippen LogP contribution in [0.4, 0.5) is 5.69 Å². The Kier molecular flexibility index (Phi) is 7.72. The number of hydrogen-bond donors (Lipinski definition) is 1. The van der Waals surface area contributed by atoms with Gasteiger partial charge >= 0.3 is 0 Å². The lowest BCUT2D eigenvalue weighted by molar-refractivity contribution is -0.145. The fraction of sp³-hybridized carbons (Fsp3) is 0.650. The number of nitrogens with zero attached hydrogens (tertiary/aromatic N) is 1. The third-order valence-electron chi connectivity index (χ3n) is 4.63. The van der Waals surface area contributed by atoms with E-state index < -0.39 is 5.60 Å². The van der Waals surface area contributed by atoms with Crippen molar-refractivity contribution in [1.82, 2.24) is 4.90 Å². The molecule has 0 spiro atoms. The number of anilines is 1. The normalized spacial score (nSPS) is 16.6. The van der Waals surface area contributed by atoms with Crippen LogP contribution < -0.4 is 10.1 Å². The summed E-state index contributed by atoms with van der Waals surface area (Å²) in [5, 5.41) is 3.02. The van der Waals surface area contributed by atoms with E-state index in [1.807, 2.05) is 31.2 Å². The van der Waals surface area contributed by atoms with Crippen LogP contribution in [0.1, 0.15) is 45.4 Å². The largest absolute Gasteiger partial charge is 0.494 e. The molecule has 2 rings (SSSR count). The summed E-state index contributed by atoms with van der Waals surface area (Å²) >= 11 is 0. The molecule has 5 heteroatoms. The van der Waals surface area contributed by atoms with Gasteiger partial charge in [-0.1, -0.05) is 19.3 Å².